The van der Waals surface area contributed by atoms with Gasteiger partial charge in [0.25, 0.3) is 6.71 Å². The second kappa shape index (κ2) is 14.1. The summed E-state index contributed by atoms with van der Waals surface area (Å²) in [7, 11) is 0. The molecule has 0 N–H and O–H groups in total. The van der Waals surface area contributed by atoms with Gasteiger partial charge in [0, 0.05) is 59.5 Å². The van der Waals surface area contributed by atoms with Gasteiger partial charge in [0.1, 0.15) is 22.7 Å². The van der Waals surface area contributed by atoms with E-state index in [1.165, 1.54) is 76.4 Å². The van der Waals surface area contributed by atoms with E-state index in [0.29, 0.717) is 0 Å². The van der Waals surface area contributed by atoms with Crippen molar-refractivity contribution in [2.24, 2.45) is 0 Å². The van der Waals surface area contributed by atoms with Crippen molar-refractivity contribution in [3.63, 3.8) is 0 Å². The predicted molar refractivity (Wildman–Crippen MR) is 278 cm³/mol. The Morgan fingerprint density at radius 2 is 1.12 bits per heavy atom. The lowest BCUT2D eigenvalue weighted by molar-refractivity contribution is 0.589. The third kappa shape index (κ3) is 6.25. The minimum atomic E-state index is -0.00803. The Labute approximate surface area is 385 Å². The molecular formula is C59H51BN2O2S. The number of nitrogens with zero attached hydrogens (tertiary/aromatic N) is 2. The van der Waals surface area contributed by atoms with Crippen LogP contribution in [0.15, 0.2) is 154 Å². The smallest absolute Gasteiger partial charge is 0.264 e. The number of hydrogen-bond acceptors (Lipinski definition) is 5. The molecule has 0 unspecified atom stereocenters. The molecule has 318 valence electrons. The summed E-state index contributed by atoms with van der Waals surface area (Å²) in [6.45, 7) is 20.8. The van der Waals surface area contributed by atoms with E-state index in [0.717, 1.165) is 56.0 Å². The highest BCUT2D eigenvalue weighted by molar-refractivity contribution is 7.33. The van der Waals surface area contributed by atoms with E-state index in [4.69, 9.17) is 8.83 Å². The Morgan fingerprint density at radius 1 is 0.508 bits per heavy atom. The van der Waals surface area contributed by atoms with Crippen LogP contribution in [0.1, 0.15) is 69.4 Å². The lowest BCUT2D eigenvalue weighted by Crippen LogP contribution is -2.60. The third-order valence-corrected chi connectivity index (χ3v) is 15.0. The van der Waals surface area contributed by atoms with Gasteiger partial charge in [-0.2, -0.15) is 0 Å². The molecule has 3 aromatic heterocycles. The van der Waals surface area contributed by atoms with E-state index >= 15 is 0 Å². The first-order valence-electron chi connectivity index (χ1n) is 22.8. The number of rotatable bonds is 4. The van der Waals surface area contributed by atoms with Gasteiger partial charge in [0.15, 0.2) is 0 Å². The lowest BCUT2D eigenvalue weighted by Gasteiger charge is -2.44. The lowest BCUT2D eigenvalue weighted by atomic mass is 9.36. The highest BCUT2D eigenvalue weighted by atomic mass is 32.1. The molecule has 0 aliphatic carbocycles. The third-order valence-electron chi connectivity index (χ3n) is 13.8. The van der Waals surface area contributed by atoms with Crippen molar-refractivity contribution in [3.8, 4) is 22.6 Å². The van der Waals surface area contributed by atoms with Gasteiger partial charge in [-0.1, -0.05) is 120 Å². The zero-order valence-corrected chi connectivity index (χ0v) is 39.4. The first-order valence-corrected chi connectivity index (χ1v) is 23.7. The number of hydrogen-bond donors (Lipinski definition) is 0. The summed E-state index contributed by atoms with van der Waals surface area (Å²) in [6, 6.07) is 53.7. The van der Waals surface area contributed by atoms with Crippen LogP contribution < -0.4 is 25.5 Å². The molecule has 4 nitrogen and oxygen atoms in total. The van der Waals surface area contributed by atoms with Crippen LogP contribution in [0.25, 0.3) is 54.7 Å². The molecule has 5 heterocycles. The summed E-state index contributed by atoms with van der Waals surface area (Å²) in [5.74, 6) is 1.71. The van der Waals surface area contributed by atoms with Gasteiger partial charge in [-0.3, -0.25) is 0 Å². The number of aryl methyl sites for hydroxylation is 3. The van der Waals surface area contributed by atoms with Crippen LogP contribution in [-0.2, 0) is 10.8 Å². The topological polar surface area (TPSA) is 32.8 Å². The maximum Gasteiger partial charge on any atom is 0.264 e. The average Bonchev–Trinajstić information content (AvgIpc) is 4.01. The molecule has 0 saturated carbocycles. The molecule has 12 rings (SSSR count). The standard InChI is InChI=1S/C59H51BN2O2S/c1-34-25-47-54-48(26-34)62(55-35(2)27-42(28-36(55)3)59(7,8)9)56-44-33-41(58(4,5)6)22-24-53(44)65-57(56)60(54)45-23-21-40(52-32-39-16-11-13-20-50(39)64-52)30-46(45)61(47)43-18-14-17-37(29-43)51-31-38-15-10-12-19-49(38)63-51/h10-33H,1-9H3. The number of benzene rings is 7. The van der Waals surface area contributed by atoms with Crippen molar-refractivity contribution in [2.75, 3.05) is 9.80 Å². The number of para-hydroxylation sites is 2. The minimum Gasteiger partial charge on any atom is -0.456 e. The Hall–Kier alpha value is -6.76. The van der Waals surface area contributed by atoms with Crippen LogP contribution >= 0.6 is 11.3 Å². The van der Waals surface area contributed by atoms with E-state index in [1.54, 1.807) is 0 Å². The van der Waals surface area contributed by atoms with Crippen molar-refractivity contribution in [2.45, 2.75) is 73.1 Å². The van der Waals surface area contributed by atoms with Gasteiger partial charge in [-0.15, -0.1) is 11.3 Å². The molecule has 0 radical (unpaired) electrons. The van der Waals surface area contributed by atoms with Gasteiger partial charge in [-0.05, 0) is 137 Å². The van der Waals surface area contributed by atoms with Gasteiger partial charge < -0.3 is 18.6 Å². The van der Waals surface area contributed by atoms with Crippen LogP contribution in [0.5, 0.6) is 0 Å². The van der Waals surface area contributed by atoms with E-state index in [1.807, 2.05) is 29.5 Å². The van der Waals surface area contributed by atoms with Gasteiger partial charge in [-0.25, -0.2) is 0 Å². The average molecular weight is 863 g/mol. The maximum absolute atomic E-state index is 6.58. The normalized spacial score (nSPS) is 13.5. The molecule has 0 fully saturated rings. The van der Waals surface area contributed by atoms with Crippen LogP contribution in [0.3, 0.4) is 0 Å². The van der Waals surface area contributed by atoms with E-state index in [2.05, 4.69) is 200 Å². The van der Waals surface area contributed by atoms with Crippen molar-refractivity contribution >= 4 is 99.9 Å². The van der Waals surface area contributed by atoms with Crippen LogP contribution in [0, 0.1) is 20.8 Å². The summed E-state index contributed by atoms with van der Waals surface area (Å²) in [5, 5.41) is 3.50. The van der Waals surface area contributed by atoms with Crippen LogP contribution in [-0.4, -0.2) is 6.71 Å². The van der Waals surface area contributed by atoms with Crippen molar-refractivity contribution in [1.29, 1.82) is 0 Å². The maximum atomic E-state index is 6.58. The Bertz CT molecular complexity index is 3500. The first-order chi connectivity index (χ1) is 31.2. The van der Waals surface area contributed by atoms with Crippen LogP contribution in [0.4, 0.5) is 34.1 Å². The fraction of sp³-hybridized carbons (Fsp3) is 0.186. The molecule has 6 heteroatoms. The Morgan fingerprint density at radius 3 is 1.75 bits per heavy atom. The second-order valence-corrected chi connectivity index (χ2v) is 21.5. The van der Waals surface area contributed by atoms with Gasteiger partial charge in [0.05, 0.1) is 11.4 Å². The highest BCUT2D eigenvalue weighted by Gasteiger charge is 2.46. The second-order valence-electron chi connectivity index (χ2n) is 20.4. The molecule has 0 atom stereocenters. The molecule has 0 amide bonds. The van der Waals surface area contributed by atoms with E-state index in [9.17, 15) is 0 Å². The summed E-state index contributed by atoms with van der Waals surface area (Å²) in [5.41, 5.74) is 20.1. The van der Waals surface area contributed by atoms with Crippen molar-refractivity contribution < 1.29 is 8.83 Å². The predicted octanol–water partition coefficient (Wildman–Crippen LogP) is 15.3. The Kier molecular flexibility index (Phi) is 8.65. The zero-order chi connectivity index (χ0) is 44.7. The molecule has 65 heavy (non-hydrogen) atoms. The molecule has 2 aliphatic rings. The zero-order valence-electron chi connectivity index (χ0n) is 38.6. The van der Waals surface area contributed by atoms with Gasteiger partial charge in [0.2, 0.25) is 0 Å². The molecule has 0 saturated heterocycles. The van der Waals surface area contributed by atoms with Gasteiger partial charge >= 0.3 is 0 Å². The molecule has 2 aliphatic heterocycles. The quantitative estimate of drug-likeness (QED) is 0.165. The van der Waals surface area contributed by atoms with Crippen molar-refractivity contribution in [1.82, 2.24) is 0 Å². The SMILES string of the molecule is Cc1cc2c3c(c1)N(c1c(C)cc(C(C)(C)C)cc1C)c1c(sc4ccc(C(C)(C)C)cc14)B3c1ccc(-c3cc4ccccc4o3)cc1N2c1cccc(-c2cc3ccccc3o2)c1. The van der Waals surface area contributed by atoms with E-state index < -0.39 is 0 Å². The monoisotopic (exact) mass is 862 g/mol. The number of thiophene rings is 1. The largest absolute Gasteiger partial charge is 0.456 e. The summed E-state index contributed by atoms with van der Waals surface area (Å²) >= 11 is 1.95. The molecule has 0 spiro atoms. The number of anilines is 6. The van der Waals surface area contributed by atoms with Crippen molar-refractivity contribution in [3.05, 3.63) is 173 Å². The number of fused-ring (bicyclic) bond motifs is 8. The molecular weight excluding hydrogens is 812 g/mol. The minimum absolute atomic E-state index is 0.00767. The molecule has 7 aromatic carbocycles. The number of furan rings is 2. The molecule has 10 aromatic rings. The summed E-state index contributed by atoms with van der Waals surface area (Å²) < 4.78 is 15.8. The summed E-state index contributed by atoms with van der Waals surface area (Å²) in [4.78, 5) is 5.16. The Balaban J connectivity index is 1.16. The fourth-order valence-corrected chi connectivity index (χ4v) is 11.8. The fourth-order valence-electron chi connectivity index (χ4n) is 10.5. The van der Waals surface area contributed by atoms with E-state index in [-0.39, 0.29) is 17.5 Å². The summed E-state index contributed by atoms with van der Waals surface area (Å²) in [6.07, 6.45) is 0. The van der Waals surface area contributed by atoms with Crippen LogP contribution in [0.2, 0.25) is 0 Å². The highest BCUT2D eigenvalue weighted by Crippen LogP contribution is 2.51. The first kappa shape index (κ1) is 39.8. The molecule has 0 bridgehead atoms.